The van der Waals surface area contributed by atoms with E-state index in [1.54, 1.807) is 48.5 Å². The van der Waals surface area contributed by atoms with Crippen molar-refractivity contribution in [2.45, 2.75) is 4.21 Å². The van der Waals surface area contributed by atoms with Crippen LogP contribution in [0.25, 0.3) is 10.8 Å². The normalized spacial score (nSPS) is 11.4. The Morgan fingerprint density at radius 3 is 2.29 bits per heavy atom. The number of urea groups is 1. The highest BCUT2D eigenvalue weighted by Gasteiger charge is 2.19. The van der Waals surface area contributed by atoms with Crippen molar-refractivity contribution in [2.75, 3.05) is 16.9 Å². The van der Waals surface area contributed by atoms with Gasteiger partial charge in [0.05, 0.1) is 10.7 Å². The number of halogens is 1. The van der Waals surface area contributed by atoms with E-state index in [0.29, 0.717) is 26.5 Å². The number of rotatable bonds is 3. The second-order valence-electron chi connectivity index (χ2n) is 5.10. The molecule has 0 unspecified atom stereocenters. The fourth-order valence-electron chi connectivity index (χ4n) is 2.25. The van der Waals surface area contributed by atoms with Crippen molar-refractivity contribution >= 4 is 60.3 Å². The van der Waals surface area contributed by atoms with Crippen LogP contribution in [0, 0.1) is 0 Å². The number of amides is 2. The van der Waals surface area contributed by atoms with Gasteiger partial charge in [0.1, 0.15) is 9.21 Å². The Hall–Kier alpha value is -2.09. The molecule has 5 nitrogen and oxygen atoms in total. The highest BCUT2D eigenvalue weighted by molar-refractivity contribution is 7.93. The van der Waals surface area contributed by atoms with Crippen molar-refractivity contribution in [1.82, 2.24) is 0 Å². The van der Waals surface area contributed by atoms with E-state index in [9.17, 15) is 13.2 Å². The van der Waals surface area contributed by atoms with Crippen LogP contribution in [0.15, 0.2) is 52.7 Å². The third kappa shape index (κ3) is 3.38. The fourth-order valence-corrected chi connectivity index (χ4v) is 4.77. The van der Waals surface area contributed by atoms with Crippen molar-refractivity contribution in [3.8, 4) is 0 Å². The zero-order valence-corrected chi connectivity index (χ0v) is 14.9. The first-order chi connectivity index (χ1) is 11.4. The lowest BCUT2D eigenvalue weighted by molar-refractivity contribution is 0.262. The number of nitrogens with one attached hydrogen (secondary N) is 2. The lowest BCUT2D eigenvalue weighted by Gasteiger charge is -2.07. The van der Waals surface area contributed by atoms with Crippen LogP contribution in [0.1, 0.15) is 0 Å². The standard InChI is InChI=1S/C16H13ClN2O3S2/c1-24(21,22)15-11-7-3-2-6-10(11)14(23-15)19-16(20)18-13-9-5-4-8-12(13)17/h2-9H,1H3,(H2,18,19,20). The highest BCUT2D eigenvalue weighted by Crippen LogP contribution is 2.38. The van der Waals surface area contributed by atoms with E-state index in [2.05, 4.69) is 10.6 Å². The van der Waals surface area contributed by atoms with E-state index in [4.69, 9.17) is 11.6 Å². The molecule has 3 rings (SSSR count). The maximum absolute atomic E-state index is 12.2. The number of hydrogen-bond acceptors (Lipinski definition) is 4. The Bertz CT molecular complexity index is 1030. The van der Waals surface area contributed by atoms with Crippen LogP contribution in [-0.4, -0.2) is 20.7 Å². The molecule has 2 N–H and O–H groups in total. The van der Waals surface area contributed by atoms with E-state index in [0.717, 1.165) is 17.6 Å². The summed E-state index contributed by atoms with van der Waals surface area (Å²) in [6, 6.07) is 13.4. The minimum Gasteiger partial charge on any atom is -0.306 e. The summed E-state index contributed by atoms with van der Waals surface area (Å²) in [5.41, 5.74) is 0.473. The highest BCUT2D eigenvalue weighted by atomic mass is 35.5. The van der Waals surface area contributed by atoms with Crippen molar-refractivity contribution in [1.29, 1.82) is 0 Å². The van der Waals surface area contributed by atoms with Crippen LogP contribution in [-0.2, 0) is 9.84 Å². The van der Waals surface area contributed by atoms with Gasteiger partial charge < -0.3 is 5.32 Å². The van der Waals surface area contributed by atoms with Crippen LogP contribution in [0.3, 0.4) is 0 Å². The molecule has 0 aliphatic heterocycles. The molecule has 2 amide bonds. The fraction of sp³-hybridized carbons (Fsp3) is 0.0625. The zero-order chi connectivity index (χ0) is 17.3. The van der Waals surface area contributed by atoms with E-state index < -0.39 is 15.9 Å². The number of carbonyl (C=O) groups excluding carboxylic acids is 1. The van der Waals surface area contributed by atoms with Gasteiger partial charge in [0.15, 0.2) is 9.84 Å². The molecule has 0 aliphatic rings. The number of para-hydroxylation sites is 1. The molecular weight excluding hydrogens is 368 g/mol. The Morgan fingerprint density at radius 1 is 1.00 bits per heavy atom. The average molecular weight is 381 g/mol. The van der Waals surface area contributed by atoms with Crippen LogP contribution in [0.5, 0.6) is 0 Å². The van der Waals surface area contributed by atoms with Gasteiger partial charge >= 0.3 is 6.03 Å². The van der Waals surface area contributed by atoms with E-state index in [-0.39, 0.29) is 4.21 Å². The molecule has 0 saturated heterocycles. The number of benzene rings is 2. The maximum atomic E-state index is 12.2. The van der Waals surface area contributed by atoms with Gasteiger partial charge in [0.2, 0.25) is 0 Å². The molecule has 8 heteroatoms. The summed E-state index contributed by atoms with van der Waals surface area (Å²) in [6.07, 6.45) is 1.15. The summed E-state index contributed by atoms with van der Waals surface area (Å²) in [6.45, 7) is 0. The van der Waals surface area contributed by atoms with E-state index >= 15 is 0 Å². The molecular formula is C16H13ClN2O3S2. The molecule has 2 aromatic carbocycles. The topological polar surface area (TPSA) is 75.3 Å². The number of hydrogen-bond donors (Lipinski definition) is 2. The molecule has 1 aromatic heterocycles. The summed E-state index contributed by atoms with van der Waals surface area (Å²) in [5.74, 6) is 0. The summed E-state index contributed by atoms with van der Waals surface area (Å²) < 4.78 is 24.1. The molecule has 0 spiro atoms. The number of sulfone groups is 1. The smallest absolute Gasteiger partial charge is 0.306 e. The summed E-state index contributed by atoms with van der Waals surface area (Å²) >= 11 is 7.04. The van der Waals surface area contributed by atoms with Gasteiger partial charge in [0, 0.05) is 17.0 Å². The van der Waals surface area contributed by atoms with Crippen molar-refractivity contribution in [3.05, 3.63) is 53.6 Å². The van der Waals surface area contributed by atoms with Crippen LogP contribution < -0.4 is 10.6 Å². The van der Waals surface area contributed by atoms with Crippen LogP contribution >= 0.6 is 22.9 Å². The largest absolute Gasteiger partial charge is 0.324 e. The SMILES string of the molecule is CS(=O)(=O)c1sc(NC(=O)Nc2ccccc2Cl)c2ccccc12. The Kier molecular flexibility index (Phi) is 4.49. The molecule has 24 heavy (non-hydrogen) atoms. The Balaban J connectivity index is 1.93. The van der Waals surface area contributed by atoms with Crippen molar-refractivity contribution in [2.24, 2.45) is 0 Å². The number of fused-ring (bicyclic) bond motifs is 1. The third-order valence-corrected chi connectivity index (χ3v) is 6.58. The van der Waals surface area contributed by atoms with Gasteiger partial charge in [-0.05, 0) is 12.1 Å². The second kappa shape index (κ2) is 6.43. The quantitative estimate of drug-likeness (QED) is 0.697. The number of carbonyl (C=O) groups is 1. The monoisotopic (exact) mass is 380 g/mol. The van der Waals surface area contributed by atoms with Crippen molar-refractivity contribution < 1.29 is 13.2 Å². The first-order valence-corrected chi connectivity index (χ1v) is 9.99. The number of thiophene rings is 1. The van der Waals surface area contributed by atoms with Gasteiger partial charge in [0.25, 0.3) is 0 Å². The van der Waals surface area contributed by atoms with Gasteiger partial charge in [-0.15, -0.1) is 11.3 Å². The van der Waals surface area contributed by atoms with Gasteiger partial charge in [-0.3, -0.25) is 5.32 Å². The summed E-state index contributed by atoms with van der Waals surface area (Å²) in [7, 11) is -3.38. The molecule has 0 bridgehead atoms. The van der Waals surface area contributed by atoms with E-state index in [1.807, 2.05) is 0 Å². The van der Waals surface area contributed by atoms with Crippen LogP contribution in [0.2, 0.25) is 5.02 Å². The molecule has 0 atom stereocenters. The predicted octanol–water partition coefficient (Wildman–Crippen LogP) is 4.60. The maximum Gasteiger partial charge on any atom is 0.324 e. The molecule has 0 aliphatic carbocycles. The average Bonchev–Trinajstić information content (AvgIpc) is 2.89. The van der Waals surface area contributed by atoms with Gasteiger partial charge in [-0.1, -0.05) is 48.0 Å². The molecule has 0 fully saturated rings. The molecule has 1 heterocycles. The van der Waals surface area contributed by atoms with Gasteiger partial charge in [-0.25, -0.2) is 13.2 Å². The first-order valence-electron chi connectivity index (χ1n) is 6.90. The lowest BCUT2D eigenvalue weighted by atomic mass is 10.2. The van der Waals surface area contributed by atoms with Crippen molar-refractivity contribution in [3.63, 3.8) is 0 Å². The molecule has 0 saturated carbocycles. The van der Waals surface area contributed by atoms with Crippen LogP contribution in [0.4, 0.5) is 15.5 Å². The molecule has 3 aromatic rings. The Labute approximate surface area is 148 Å². The predicted molar refractivity (Wildman–Crippen MR) is 99.0 cm³/mol. The first kappa shape index (κ1) is 16.8. The minimum absolute atomic E-state index is 0.228. The Morgan fingerprint density at radius 2 is 1.62 bits per heavy atom. The molecule has 124 valence electrons. The molecule has 0 radical (unpaired) electrons. The summed E-state index contributed by atoms with van der Waals surface area (Å²) in [4.78, 5) is 12.2. The lowest BCUT2D eigenvalue weighted by Crippen LogP contribution is -2.19. The van der Waals surface area contributed by atoms with E-state index in [1.165, 1.54) is 0 Å². The number of anilines is 2. The zero-order valence-electron chi connectivity index (χ0n) is 12.5. The summed E-state index contributed by atoms with van der Waals surface area (Å²) in [5, 5.41) is 7.50. The third-order valence-electron chi connectivity index (χ3n) is 3.27. The van der Waals surface area contributed by atoms with Gasteiger partial charge in [-0.2, -0.15) is 0 Å². The second-order valence-corrected chi connectivity index (χ2v) is 8.73. The minimum atomic E-state index is -3.38.